The molecule has 0 radical (unpaired) electrons. The summed E-state index contributed by atoms with van der Waals surface area (Å²) in [4.78, 5) is 25.8. The van der Waals surface area contributed by atoms with Gasteiger partial charge in [-0.05, 0) is 12.0 Å². The van der Waals surface area contributed by atoms with Gasteiger partial charge in [-0.15, -0.1) is 5.10 Å². The Morgan fingerprint density at radius 3 is 2.72 bits per heavy atom. The zero-order valence-corrected chi connectivity index (χ0v) is 19.8. The first-order valence-corrected chi connectivity index (χ1v) is 11.7. The fraction of sp³-hybridized carbons (Fsp3) is 0.391. The number of nitrogens with one attached hydrogen (secondary N) is 2. The number of carbonyl (C=O) groups is 1. The molecule has 0 saturated carbocycles. The minimum Gasteiger partial charge on any atom is -0.387 e. The summed E-state index contributed by atoms with van der Waals surface area (Å²) < 4.78 is 8.91. The standard InChI is InChI=1S/C23H27N9O4/c1-3-9-25-20-15-21(32(12-26-15)23-17(34)16(33)18(36-23)22(35)24-2)28-19(27-20)14-11-31(30-29-14)10-13-7-5-4-6-8-13/h4-8,11-12,16-18,23,33-34H,3,9-10H2,1-2H3,(H,24,35)(H,25,27,28)/t16-,17+,18-,23+/m0/s1. The molecule has 3 aromatic heterocycles. The average molecular weight is 494 g/mol. The number of hydrogen-bond donors (Lipinski definition) is 4. The molecule has 0 unspecified atom stereocenters. The van der Waals surface area contributed by atoms with Crippen molar-refractivity contribution in [3.8, 4) is 11.5 Å². The Morgan fingerprint density at radius 2 is 1.97 bits per heavy atom. The van der Waals surface area contributed by atoms with Crippen molar-refractivity contribution >= 4 is 22.9 Å². The Hall–Kier alpha value is -3.94. The van der Waals surface area contributed by atoms with Crippen LogP contribution in [0.25, 0.3) is 22.7 Å². The minimum atomic E-state index is -1.41. The van der Waals surface area contributed by atoms with E-state index in [1.807, 2.05) is 37.3 Å². The lowest BCUT2D eigenvalue weighted by atomic mass is 10.1. The lowest BCUT2D eigenvalue weighted by Gasteiger charge is -2.16. The number of carbonyl (C=O) groups excluding carboxylic acids is 1. The summed E-state index contributed by atoms with van der Waals surface area (Å²) >= 11 is 0. The summed E-state index contributed by atoms with van der Waals surface area (Å²) in [5.41, 5.74) is 2.34. The van der Waals surface area contributed by atoms with Crippen LogP contribution in [-0.4, -0.2) is 82.5 Å². The van der Waals surface area contributed by atoms with Gasteiger partial charge in [0.15, 0.2) is 40.8 Å². The highest BCUT2D eigenvalue weighted by atomic mass is 16.6. The van der Waals surface area contributed by atoms with E-state index in [4.69, 9.17) is 4.74 Å². The molecule has 4 N–H and O–H groups in total. The molecule has 188 valence electrons. The quantitative estimate of drug-likeness (QED) is 0.269. The average Bonchev–Trinajstić information content (AvgIpc) is 3.61. The van der Waals surface area contributed by atoms with Crippen molar-refractivity contribution in [1.82, 2.24) is 39.8 Å². The predicted octanol–water partition coefficient (Wildman–Crippen LogP) is 0.320. The van der Waals surface area contributed by atoms with Gasteiger partial charge in [-0.1, -0.05) is 42.5 Å². The number of nitrogens with zero attached hydrogens (tertiary/aromatic N) is 7. The number of benzene rings is 1. The third-order valence-electron chi connectivity index (χ3n) is 5.94. The summed E-state index contributed by atoms with van der Waals surface area (Å²) in [6.45, 7) is 3.22. The Bertz CT molecular complexity index is 1360. The number of hydrogen-bond acceptors (Lipinski definition) is 10. The van der Waals surface area contributed by atoms with Gasteiger partial charge in [0.1, 0.15) is 12.2 Å². The van der Waals surface area contributed by atoms with Crippen LogP contribution >= 0.6 is 0 Å². The molecule has 0 aliphatic carbocycles. The lowest BCUT2D eigenvalue weighted by molar-refractivity contribution is -0.137. The number of fused-ring (bicyclic) bond motifs is 1. The highest BCUT2D eigenvalue weighted by Gasteiger charge is 2.47. The predicted molar refractivity (Wildman–Crippen MR) is 129 cm³/mol. The van der Waals surface area contributed by atoms with Crippen molar-refractivity contribution in [2.75, 3.05) is 18.9 Å². The van der Waals surface area contributed by atoms with Crippen molar-refractivity contribution in [3.63, 3.8) is 0 Å². The molecule has 5 rings (SSSR count). The molecule has 13 nitrogen and oxygen atoms in total. The molecule has 1 fully saturated rings. The van der Waals surface area contributed by atoms with E-state index in [2.05, 4.69) is 35.9 Å². The number of aromatic nitrogens is 7. The Kier molecular flexibility index (Phi) is 6.59. The van der Waals surface area contributed by atoms with Gasteiger partial charge in [0.25, 0.3) is 5.91 Å². The van der Waals surface area contributed by atoms with Crippen molar-refractivity contribution < 1.29 is 19.7 Å². The van der Waals surface area contributed by atoms with Crippen LogP contribution in [0.2, 0.25) is 0 Å². The molecule has 1 amide bonds. The van der Waals surface area contributed by atoms with E-state index in [-0.39, 0.29) is 0 Å². The second-order valence-electron chi connectivity index (χ2n) is 8.48. The molecule has 1 aromatic carbocycles. The van der Waals surface area contributed by atoms with Crippen LogP contribution in [0.4, 0.5) is 5.82 Å². The molecule has 1 aliphatic heterocycles. The third-order valence-corrected chi connectivity index (χ3v) is 5.94. The first-order chi connectivity index (χ1) is 17.5. The van der Waals surface area contributed by atoms with Gasteiger partial charge in [0, 0.05) is 13.6 Å². The minimum absolute atomic E-state index is 0.304. The second kappa shape index (κ2) is 9.97. The molecular weight excluding hydrogens is 466 g/mol. The zero-order chi connectivity index (χ0) is 25.2. The van der Waals surface area contributed by atoms with Crippen molar-refractivity contribution in [2.24, 2.45) is 0 Å². The second-order valence-corrected chi connectivity index (χ2v) is 8.48. The summed E-state index contributed by atoms with van der Waals surface area (Å²) in [5.74, 6) is 0.256. The van der Waals surface area contributed by atoms with Gasteiger partial charge in [-0.2, -0.15) is 0 Å². The molecule has 4 heterocycles. The Morgan fingerprint density at radius 1 is 1.17 bits per heavy atom. The van der Waals surface area contributed by atoms with Crippen molar-refractivity contribution in [2.45, 2.75) is 44.4 Å². The number of rotatable bonds is 8. The highest BCUT2D eigenvalue weighted by molar-refractivity contribution is 5.85. The van der Waals surface area contributed by atoms with E-state index in [0.29, 0.717) is 41.6 Å². The number of anilines is 1. The van der Waals surface area contributed by atoms with Gasteiger partial charge >= 0.3 is 0 Å². The summed E-state index contributed by atoms with van der Waals surface area (Å²) in [6, 6.07) is 9.88. The van der Waals surface area contributed by atoms with Gasteiger partial charge in [0.2, 0.25) is 0 Å². The molecule has 4 aromatic rings. The summed E-state index contributed by atoms with van der Waals surface area (Å²) in [7, 11) is 1.43. The molecule has 1 saturated heterocycles. The maximum atomic E-state index is 12.1. The summed E-state index contributed by atoms with van der Waals surface area (Å²) in [6.07, 6.45) is -1.04. The van der Waals surface area contributed by atoms with Crippen LogP contribution in [0.1, 0.15) is 25.1 Å². The van der Waals surface area contributed by atoms with Crippen molar-refractivity contribution in [1.29, 1.82) is 0 Å². The Labute approximate surface area is 206 Å². The van der Waals surface area contributed by atoms with Gasteiger partial charge in [0.05, 0.1) is 19.1 Å². The van der Waals surface area contributed by atoms with Gasteiger partial charge in [-0.25, -0.2) is 19.6 Å². The number of ether oxygens (including phenoxy) is 1. The number of likely N-dealkylation sites (N-methyl/N-ethyl adjacent to an activating group) is 1. The van der Waals surface area contributed by atoms with E-state index < -0.39 is 30.4 Å². The summed E-state index contributed by atoms with van der Waals surface area (Å²) in [5, 5.41) is 35.2. The fourth-order valence-electron chi connectivity index (χ4n) is 4.08. The van der Waals surface area contributed by atoms with Gasteiger partial charge < -0.3 is 25.6 Å². The molecule has 0 spiro atoms. The maximum absolute atomic E-state index is 12.1. The maximum Gasteiger partial charge on any atom is 0.251 e. The molecule has 1 aliphatic rings. The third kappa shape index (κ3) is 4.39. The van der Waals surface area contributed by atoms with Crippen molar-refractivity contribution in [3.05, 3.63) is 48.4 Å². The largest absolute Gasteiger partial charge is 0.387 e. The zero-order valence-electron chi connectivity index (χ0n) is 19.8. The SMILES string of the molecule is CCCNc1nc(-c2cn(Cc3ccccc3)nn2)nc2c1ncn2[C@@H]1O[C@H](C(=O)NC)[C@@H](O)[C@H]1O. The van der Waals surface area contributed by atoms with Crippen LogP contribution in [0, 0.1) is 0 Å². The van der Waals surface area contributed by atoms with E-state index in [9.17, 15) is 15.0 Å². The molecule has 0 bridgehead atoms. The van der Waals surface area contributed by atoms with Crippen LogP contribution in [0.3, 0.4) is 0 Å². The highest BCUT2D eigenvalue weighted by Crippen LogP contribution is 2.33. The monoisotopic (exact) mass is 493 g/mol. The topological polar surface area (TPSA) is 165 Å². The number of aliphatic hydroxyl groups excluding tert-OH is 2. The normalized spacial score (nSPS) is 21.7. The van der Waals surface area contributed by atoms with Gasteiger partial charge in [-0.3, -0.25) is 9.36 Å². The molecular formula is C23H27N9O4. The van der Waals surface area contributed by atoms with E-state index >= 15 is 0 Å². The fourth-order valence-corrected chi connectivity index (χ4v) is 4.08. The van der Waals surface area contributed by atoms with E-state index in [1.54, 1.807) is 10.9 Å². The van der Waals surface area contributed by atoms with E-state index in [1.165, 1.54) is 17.9 Å². The first kappa shape index (κ1) is 23.8. The number of imidazole rings is 1. The smallest absolute Gasteiger partial charge is 0.251 e. The molecule has 36 heavy (non-hydrogen) atoms. The molecule has 4 atom stereocenters. The van der Waals surface area contributed by atoms with E-state index in [0.717, 1.165) is 12.0 Å². The van der Waals surface area contributed by atoms with Crippen LogP contribution < -0.4 is 10.6 Å². The first-order valence-electron chi connectivity index (χ1n) is 11.7. The van der Waals surface area contributed by atoms with Crippen LogP contribution in [0.15, 0.2) is 42.9 Å². The number of aliphatic hydroxyl groups is 2. The lowest BCUT2D eigenvalue weighted by Crippen LogP contribution is -2.41. The van der Waals surface area contributed by atoms with Crippen LogP contribution in [-0.2, 0) is 16.1 Å². The Balaban J connectivity index is 1.53. The number of amides is 1. The molecule has 13 heteroatoms. The van der Waals surface area contributed by atoms with Crippen LogP contribution in [0.5, 0.6) is 0 Å².